The molecule has 4 bridgehead atoms. The number of anilines is 1. The molecule has 3 aliphatic heterocycles. The Hall–Kier alpha value is -3.12. The van der Waals surface area contributed by atoms with Crippen molar-refractivity contribution in [1.82, 2.24) is 5.32 Å². The van der Waals surface area contributed by atoms with Crippen LogP contribution in [-0.4, -0.2) is 73.0 Å². The first-order valence-corrected chi connectivity index (χ1v) is 14.3. The number of halogens is 1. The van der Waals surface area contributed by atoms with E-state index in [1.165, 1.54) is 14.2 Å². The zero-order valence-corrected chi connectivity index (χ0v) is 25.4. The number of epoxide rings is 1. The number of allylic oxidation sites excluding steroid dienone is 3. The highest BCUT2D eigenvalue weighted by atomic mass is 35.5. The minimum Gasteiger partial charge on any atom is -0.495 e. The molecule has 4 rings (SSSR count). The SMILES string of the molecule is CCC(=O)OC1CC(=O)Nc2cc(cc(OC)c2Cl)C/C(C)=C\C=C[C@@H](OC)[C@@]2(O)C[C@H](OC(=O)N2)[C@@H](C)[C@@H]2O[C@@]12C. The highest BCUT2D eigenvalue weighted by molar-refractivity contribution is 6.35. The number of carbonyl (C=O) groups is 3. The molecule has 0 spiro atoms. The quantitative estimate of drug-likeness (QED) is 0.341. The number of aliphatic hydroxyl groups is 1. The standard InChI is InChI=1S/C30H39ClN2O9/c1-7-25(35)41-23-14-24(34)32-19-12-18(13-20(38-5)26(19)31)11-16(2)9-8-10-22(39-6)30(37)15-21(40-28(36)33-30)17(3)27-29(23,4)42-27/h8-10,12-13,17,21-23,27,37H,7,11,14-15H2,1-6H3,(H,32,34)(H,33,36)/b10-8?,16-9-/t17-,21+,22-,23?,27+,29+,30+/m1/s1. The van der Waals surface area contributed by atoms with Gasteiger partial charge in [-0.15, -0.1) is 0 Å². The van der Waals surface area contributed by atoms with Crippen molar-refractivity contribution in [2.75, 3.05) is 19.5 Å². The Morgan fingerprint density at radius 1 is 1.26 bits per heavy atom. The largest absolute Gasteiger partial charge is 0.495 e. The van der Waals surface area contributed by atoms with Gasteiger partial charge in [-0.1, -0.05) is 49.2 Å². The molecule has 2 fully saturated rings. The van der Waals surface area contributed by atoms with E-state index in [0.29, 0.717) is 17.9 Å². The summed E-state index contributed by atoms with van der Waals surface area (Å²) in [7, 11) is 2.93. The van der Waals surface area contributed by atoms with Crippen molar-refractivity contribution in [3.05, 3.63) is 46.5 Å². The maximum absolute atomic E-state index is 13.3. The molecule has 3 aliphatic rings. The topological polar surface area (TPSA) is 145 Å². The summed E-state index contributed by atoms with van der Waals surface area (Å²) in [6, 6.07) is 3.55. The molecular weight excluding hydrogens is 568 g/mol. The summed E-state index contributed by atoms with van der Waals surface area (Å²) in [5, 5.41) is 17.1. The Morgan fingerprint density at radius 2 is 2.00 bits per heavy atom. The fourth-order valence-corrected chi connectivity index (χ4v) is 5.88. The Kier molecular flexibility index (Phi) is 9.56. The molecule has 0 aliphatic carbocycles. The molecule has 7 atom stereocenters. The predicted molar refractivity (Wildman–Crippen MR) is 154 cm³/mol. The van der Waals surface area contributed by atoms with Gasteiger partial charge in [0.2, 0.25) is 5.91 Å². The van der Waals surface area contributed by atoms with Crippen molar-refractivity contribution in [3.63, 3.8) is 0 Å². The Bertz CT molecular complexity index is 1280. The van der Waals surface area contributed by atoms with Gasteiger partial charge in [-0.2, -0.15) is 0 Å². The average molecular weight is 607 g/mol. The smallest absolute Gasteiger partial charge is 0.409 e. The minimum absolute atomic E-state index is 0.00538. The van der Waals surface area contributed by atoms with Gasteiger partial charge in [-0.3, -0.25) is 14.9 Å². The van der Waals surface area contributed by atoms with E-state index in [4.69, 9.17) is 35.3 Å². The Morgan fingerprint density at radius 3 is 2.67 bits per heavy atom. The van der Waals surface area contributed by atoms with E-state index in [1.54, 1.807) is 38.1 Å². The zero-order valence-electron chi connectivity index (χ0n) is 24.7. The van der Waals surface area contributed by atoms with Crippen LogP contribution >= 0.6 is 11.6 Å². The zero-order chi connectivity index (χ0) is 30.8. The van der Waals surface area contributed by atoms with E-state index in [0.717, 1.165) is 11.1 Å². The van der Waals surface area contributed by atoms with Crippen LogP contribution in [0.15, 0.2) is 35.9 Å². The molecule has 1 aromatic carbocycles. The average Bonchev–Trinajstić information content (AvgIpc) is 3.63. The molecule has 42 heavy (non-hydrogen) atoms. The monoisotopic (exact) mass is 606 g/mol. The van der Waals surface area contributed by atoms with Crippen LogP contribution in [0.2, 0.25) is 5.02 Å². The third-order valence-corrected chi connectivity index (χ3v) is 8.47. The lowest BCUT2D eigenvalue weighted by atomic mass is 9.83. The van der Waals surface area contributed by atoms with Crippen molar-refractivity contribution in [2.45, 2.75) is 89.1 Å². The second-order valence-electron chi connectivity index (χ2n) is 11.3. The molecule has 11 nitrogen and oxygen atoms in total. The molecule has 0 saturated carbocycles. The number of hydrogen-bond donors (Lipinski definition) is 3. The highest BCUT2D eigenvalue weighted by Crippen LogP contribution is 2.49. The third-order valence-electron chi connectivity index (χ3n) is 8.08. The van der Waals surface area contributed by atoms with E-state index < -0.39 is 59.6 Å². The van der Waals surface area contributed by atoms with Crippen LogP contribution in [0.25, 0.3) is 0 Å². The summed E-state index contributed by atoms with van der Waals surface area (Å²) in [6.07, 6.45) is 1.74. The van der Waals surface area contributed by atoms with Gasteiger partial charge in [0, 0.05) is 25.9 Å². The Balaban J connectivity index is 1.76. The fraction of sp³-hybridized carbons (Fsp3) is 0.567. The molecule has 2 saturated heterocycles. The molecule has 0 aromatic heterocycles. The van der Waals surface area contributed by atoms with Crippen LogP contribution in [-0.2, 0) is 35.0 Å². The maximum Gasteiger partial charge on any atom is 0.409 e. The van der Waals surface area contributed by atoms with Gasteiger partial charge in [0.15, 0.2) is 5.72 Å². The number of carbonyl (C=O) groups excluding carboxylic acids is 3. The molecule has 0 radical (unpaired) electrons. The lowest BCUT2D eigenvalue weighted by Crippen LogP contribution is -2.63. The number of amides is 2. The molecule has 1 unspecified atom stereocenters. The molecule has 12 heteroatoms. The van der Waals surface area contributed by atoms with Gasteiger partial charge in [-0.05, 0) is 38.0 Å². The predicted octanol–water partition coefficient (Wildman–Crippen LogP) is 4.05. The summed E-state index contributed by atoms with van der Waals surface area (Å²) < 4.78 is 28.4. The van der Waals surface area contributed by atoms with Gasteiger partial charge >= 0.3 is 12.1 Å². The van der Waals surface area contributed by atoms with E-state index in [2.05, 4.69) is 10.6 Å². The van der Waals surface area contributed by atoms with Crippen LogP contribution < -0.4 is 15.4 Å². The molecule has 3 heterocycles. The van der Waals surface area contributed by atoms with E-state index in [9.17, 15) is 19.5 Å². The fourth-order valence-electron chi connectivity index (χ4n) is 5.65. The van der Waals surface area contributed by atoms with Gasteiger partial charge in [0.1, 0.15) is 34.7 Å². The number of methoxy groups -OCH3 is 2. The molecule has 2 amide bonds. The highest BCUT2D eigenvalue weighted by Gasteiger charge is 2.64. The first kappa shape index (κ1) is 31.8. The molecule has 3 N–H and O–H groups in total. The Labute approximate surface area is 250 Å². The van der Waals surface area contributed by atoms with Gasteiger partial charge in [0.25, 0.3) is 0 Å². The second kappa shape index (κ2) is 12.6. The number of benzene rings is 1. The van der Waals surface area contributed by atoms with E-state index in [1.807, 2.05) is 19.9 Å². The van der Waals surface area contributed by atoms with Crippen LogP contribution in [0, 0.1) is 5.92 Å². The number of hydrogen-bond acceptors (Lipinski definition) is 9. The summed E-state index contributed by atoms with van der Waals surface area (Å²) in [5.41, 5.74) is -0.675. The minimum atomic E-state index is -1.76. The number of ether oxygens (including phenoxy) is 5. The van der Waals surface area contributed by atoms with Crippen molar-refractivity contribution in [2.24, 2.45) is 5.92 Å². The van der Waals surface area contributed by atoms with Crippen LogP contribution in [0.5, 0.6) is 5.75 Å². The van der Waals surface area contributed by atoms with Gasteiger partial charge in [-0.25, -0.2) is 4.79 Å². The lowest BCUT2D eigenvalue weighted by molar-refractivity contribution is -0.153. The van der Waals surface area contributed by atoms with Crippen LogP contribution in [0.4, 0.5) is 10.5 Å². The summed E-state index contributed by atoms with van der Waals surface area (Å²) in [6.45, 7) is 7.16. The summed E-state index contributed by atoms with van der Waals surface area (Å²) in [4.78, 5) is 38.3. The van der Waals surface area contributed by atoms with Gasteiger partial charge in [0.05, 0.1) is 25.3 Å². The van der Waals surface area contributed by atoms with Crippen LogP contribution in [0.3, 0.4) is 0 Å². The number of nitrogens with one attached hydrogen (secondary N) is 2. The summed E-state index contributed by atoms with van der Waals surface area (Å²) >= 11 is 6.55. The first-order valence-electron chi connectivity index (χ1n) is 13.9. The molecule has 1 aromatic rings. The lowest BCUT2D eigenvalue weighted by Gasteiger charge is -2.42. The van der Waals surface area contributed by atoms with Gasteiger partial charge < -0.3 is 34.1 Å². The van der Waals surface area contributed by atoms with Crippen molar-refractivity contribution in [3.8, 4) is 5.75 Å². The number of rotatable bonds is 4. The number of alkyl carbamates (subject to hydrolysis) is 1. The second-order valence-corrected chi connectivity index (χ2v) is 11.6. The van der Waals surface area contributed by atoms with Crippen molar-refractivity contribution < 1.29 is 43.2 Å². The number of esters is 1. The first-order chi connectivity index (χ1) is 19.8. The van der Waals surface area contributed by atoms with Crippen molar-refractivity contribution in [1.29, 1.82) is 0 Å². The van der Waals surface area contributed by atoms with Crippen molar-refractivity contribution >= 4 is 35.3 Å². The molecule has 230 valence electrons. The third kappa shape index (κ3) is 6.75. The van der Waals surface area contributed by atoms with Crippen LogP contribution in [0.1, 0.15) is 52.5 Å². The van der Waals surface area contributed by atoms with E-state index >= 15 is 0 Å². The number of fused-ring (bicyclic) bond motifs is 5. The maximum atomic E-state index is 13.3. The van der Waals surface area contributed by atoms with E-state index in [-0.39, 0.29) is 24.3 Å². The summed E-state index contributed by atoms with van der Waals surface area (Å²) in [5.74, 6) is -0.967. The molecular formula is C30H39ClN2O9. The normalized spacial score (nSPS) is 34.6.